The van der Waals surface area contributed by atoms with Crippen molar-refractivity contribution in [3.63, 3.8) is 0 Å². The Morgan fingerprint density at radius 2 is 1.62 bits per heavy atom. The van der Waals surface area contributed by atoms with Crippen LogP contribution in [0.1, 0.15) is 15.9 Å². The molecule has 0 aliphatic rings. The van der Waals surface area contributed by atoms with Crippen LogP contribution >= 0.6 is 0 Å². The molecule has 1 amide bonds. The Balaban J connectivity index is 1.51. The van der Waals surface area contributed by atoms with E-state index in [9.17, 15) is 9.59 Å². The lowest BCUT2D eigenvalue weighted by Crippen LogP contribution is -2.20. The number of amides is 1. The van der Waals surface area contributed by atoms with Gasteiger partial charge in [0.25, 0.3) is 5.91 Å². The molecule has 0 aromatic heterocycles. The van der Waals surface area contributed by atoms with E-state index in [1.165, 1.54) is 0 Å². The van der Waals surface area contributed by atoms with E-state index in [-0.39, 0.29) is 0 Å². The average Bonchev–Trinajstić information content (AvgIpc) is 2.77. The van der Waals surface area contributed by atoms with Gasteiger partial charge < -0.3 is 19.5 Å². The summed E-state index contributed by atoms with van der Waals surface area (Å²) < 4.78 is 15.9. The lowest BCUT2D eigenvalue weighted by molar-refractivity contribution is -0.119. The number of hydrogen-bond donors (Lipinski definition) is 1. The summed E-state index contributed by atoms with van der Waals surface area (Å²) in [6.07, 6.45) is 0. The molecule has 3 aromatic rings. The minimum atomic E-state index is -0.601. The third kappa shape index (κ3) is 6.10. The predicted octanol–water partition coefficient (Wildman–Crippen LogP) is 4.07. The Labute approximate surface area is 169 Å². The Morgan fingerprint density at radius 1 is 0.862 bits per heavy atom. The van der Waals surface area contributed by atoms with Gasteiger partial charge in [-0.15, -0.1) is 0 Å². The summed E-state index contributed by atoms with van der Waals surface area (Å²) in [5.74, 6) is 0.121. The molecule has 0 spiro atoms. The molecular weight excluding hydrogens is 370 g/mol. The maximum Gasteiger partial charge on any atom is 0.338 e. The zero-order chi connectivity index (χ0) is 20.5. The van der Waals surface area contributed by atoms with Crippen LogP contribution in [0.25, 0.3) is 0 Å². The van der Waals surface area contributed by atoms with Crippen LogP contribution in [0.5, 0.6) is 11.5 Å². The second-order valence-electron chi connectivity index (χ2n) is 6.16. The topological polar surface area (TPSA) is 73.9 Å². The number of hydrogen-bond acceptors (Lipinski definition) is 5. The molecule has 0 atom stereocenters. The summed E-state index contributed by atoms with van der Waals surface area (Å²) in [7, 11) is 1.54. The van der Waals surface area contributed by atoms with E-state index >= 15 is 0 Å². The van der Waals surface area contributed by atoms with Crippen LogP contribution < -0.4 is 14.8 Å². The van der Waals surface area contributed by atoms with E-state index < -0.39 is 18.5 Å². The van der Waals surface area contributed by atoms with Gasteiger partial charge in [0.2, 0.25) is 0 Å². The SMILES string of the molecule is COc1cccc(NC(=O)COC(=O)c2cccc(OCc3ccccc3)c2)c1. The first-order chi connectivity index (χ1) is 14.1. The Morgan fingerprint density at radius 3 is 2.41 bits per heavy atom. The highest BCUT2D eigenvalue weighted by Crippen LogP contribution is 2.17. The Bertz CT molecular complexity index is 972. The molecule has 1 N–H and O–H groups in total. The second-order valence-corrected chi connectivity index (χ2v) is 6.16. The fourth-order valence-corrected chi connectivity index (χ4v) is 2.57. The first kappa shape index (κ1) is 19.9. The van der Waals surface area contributed by atoms with Crippen molar-refractivity contribution in [3.05, 3.63) is 90.0 Å². The number of esters is 1. The predicted molar refractivity (Wildman–Crippen MR) is 109 cm³/mol. The molecule has 0 unspecified atom stereocenters. The van der Waals surface area contributed by atoms with Crippen LogP contribution in [0, 0.1) is 0 Å². The maximum atomic E-state index is 12.3. The number of benzene rings is 3. The molecule has 0 saturated carbocycles. The van der Waals surface area contributed by atoms with E-state index in [1.807, 2.05) is 30.3 Å². The fraction of sp³-hybridized carbons (Fsp3) is 0.130. The molecule has 0 fully saturated rings. The van der Waals surface area contributed by atoms with Gasteiger partial charge in [-0.2, -0.15) is 0 Å². The minimum absolute atomic E-state index is 0.310. The number of methoxy groups -OCH3 is 1. The zero-order valence-corrected chi connectivity index (χ0v) is 16.0. The number of ether oxygens (including phenoxy) is 3. The van der Waals surface area contributed by atoms with Crippen molar-refractivity contribution < 1.29 is 23.8 Å². The third-order valence-corrected chi connectivity index (χ3v) is 4.01. The molecule has 3 aromatic carbocycles. The third-order valence-electron chi connectivity index (χ3n) is 4.01. The van der Waals surface area contributed by atoms with Gasteiger partial charge in [0.1, 0.15) is 18.1 Å². The molecule has 0 saturated heterocycles. The van der Waals surface area contributed by atoms with E-state index in [1.54, 1.807) is 55.6 Å². The van der Waals surface area contributed by atoms with Crippen molar-refractivity contribution in [2.45, 2.75) is 6.61 Å². The quantitative estimate of drug-likeness (QED) is 0.586. The zero-order valence-electron chi connectivity index (χ0n) is 16.0. The van der Waals surface area contributed by atoms with Crippen molar-refractivity contribution in [1.82, 2.24) is 0 Å². The smallest absolute Gasteiger partial charge is 0.338 e. The summed E-state index contributed by atoms with van der Waals surface area (Å²) in [6, 6.07) is 23.3. The van der Waals surface area contributed by atoms with Crippen LogP contribution in [-0.2, 0) is 16.1 Å². The number of anilines is 1. The monoisotopic (exact) mass is 391 g/mol. The van der Waals surface area contributed by atoms with Crippen LogP contribution in [0.4, 0.5) is 5.69 Å². The van der Waals surface area contributed by atoms with Gasteiger partial charge in [-0.1, -0.05) is 42.5 Å². The molecule has 0 aliphatic heterocycles. The average molecular weight is 391 g/mol. The lowest BCUT2D eigenvalue weighted by Gasteiger charge is -2.09. The van der Waals surface area contributed by atoms with Crippen molar-refractivity contribution in [3.8, 4) is 11.5 Å². The number of carbonyl (C=O) groups is 2. The van der Waals surface area contributed by atoms with Gasteiger partial charge in [0.05, 0.1) is 12.7 Å². The van der Waals surface area contributed by atoms with Gasteiger partial charge in [-0.05, 0) is 35.9 Å². The van der Waals surface area contributed by atoms with E-state index in [2.05, 4.69) is 5.32 Å². The summed E-state index contributed by atoms with van der Waals surface area (Å²) in [6.45, 7) is -0.00652. The van der Waals surface area contributed by atoms with Crippen LogP contribution in [0.15, 0.2) is 78.9 Å². The summed E-state index contributed by atoms with van der Waals surface area (Å²) in [4.78, 5) is 24.3. The summed E-state index contributed by atoms with van der Waals surface area (Å²) in [5, 5.41) is 2.65. The normalized spacial score (nSPS) is 10.1. The van der Waals surface area contributed by atoms with Gasteiger partial charge in [0.15, 0.2) is 6.61 Å². The molecule has 6 nitrogen and oxygen atoms in total. The van der Waals surface area contributed by atoms with Crippen molar-refractivity contribution in [2.75, 3.05) is 19.0 Å². The van der Waals surface area contributed by atoms with Crippen molar-refractivity contribution >= 4 is 17.6 Å². The number of carbonyl (C=O) groups excluding carboxylic acids is 2. The first-order valence-electron chi connectivity index (χ1n) is 9.02. The lowest BCUT2D eigenvalue weighted by atomic mass is 10.2. The van der Waals surface area contributed by atoms with Gasteiger partial charge in [-0.25, -0.2) is 4.79 Å². The number of rotatable bonds is 8. The maximum absolute atomic E-state index is 12.3. The standard InChI is InChI=1S/C23H21NO5/c1-27-20-11-6-10-19(14-20)24-22(25)16-29-23(26)18-9-5-12-21(13-18)28-15-17-7-3-2-4-8-17/h2-14H,15-16H2,1H3,(H,24,25). The summed E-state index contributed by atoms with van der Waals surface area (Å²) >= 11 is 0. The van der Waals surface area contributed by atoms with E-state index in [0.29, 0.717) is 29.4 Å². The number of nitrogens with one attached hydrogen (secondary N) is 1. The first-order valence-corrected chi connectivity index (χ1v) is 9.02. The second kappa shape index (κ2) is 9.94. The van der Waals surface area contributed by atoms with Gasteiger partial charge >= 0.3 is 5.97 Å². The van der Waals surface area contributed by atoms with Crippen LogP contribution in [0.3, 0.4) is 0 Å². The molecule has 0 bridgehead atoms. The Kier molecular flexibility index (Phi) is 6.84. The molecular formula is C23H21NO5. The largest absolute Gasteiger partial charge is 0.497 e. The van der Waals surface area contributed by atoms with Crippen molar-refractivity contribution in [1.29, 1.82) is 0 Å². The summed E-state index contributed by atoms with van der Waals surface area (Å²) in [5.41, 5.74) is 1.89. The fourth-order valence-electron chi connectivity index (χ4n) is 2.57. The molecule has 29 heavy (non-hydrogen) atoms. The van der Waals surface area contributed by atoms with Gasteiger partial charge in [0, 0.05) is 11.8 Å². The molecule has 0 radical (unpaired) electrons. The minimum Gasteiger partial charge on any atom is -0.497 e. The molecule has 6 heteroatoms. The van der Waals surface area contributed by atoms with E-state index in [0.717, 1.165) is 5.56 Å². The van der Waals surface area contributed by atoms with Crippen molar-refractivity contribution in [2.24, 2.45) is 0 Å². The van der Waals surface area contributed by atoms with Gasteiger partial charge in [-0.3, -0.25) is 4.79 Å². The Hall–Kier alpha value is -3.80. The molecule has 148 valence electrons. The highest BCUT2D eigenvalue weighted by Gasteiger charge is 2.12. The van der Waals surface area contributed by atoms with Crippen LogP contribution in [0.2, 0.25) is 0 Å². The highest BCUT2D eigenvalue weighted by atomic mass is 16.5. The molecule has 0 aliphatic carbocycles. The van der Waals surface area contributed by atoms with E-state index in [4.69, 9.17) is 14.2 Å². The molecule has 3 rings (SSSR count). The molecule has 0 heterocycles. The highest BCUT2D eigenvalue weighted by molar-refractivity contribution is 5.95. The van der Waals surface area contributed by atoms with Crippen LogP contribution in [-0.4, -0.2) is 25.6 Å².